The number of rotatable bonds is 14. The third-order valence-electron chi connectivity index (χ3n) is 6.57. The molecule has 3 aromatic rings. The molecule has 0 aliphatic carbocycles. The number of methoxy groups -OCH3 is 1. The highest BCUT2D eigenvalue weighted by Gasteiger charge is 2.60. The first-order chi connectivity index (χ1) is 24.6. The lowest BCUT2D eigenvalue weighted by Crippen LogP contribution is -2.41. The summed E-state index contributed by atoms with van der Waals surface area (Å²) in [5.74, 6) is -12.6. The Morgan fingerprint density at radius 3 is 2.00 bits per heavy atom. The molecule has 0 spiro atoms. The minimum Gasteiger partial charge on any atom is -0.469 e. The van der Waals surface area contributed by atoms with Crippen LogP contribution >= 0.6 is 0 Å². The van der Waals surface area contributed by atoms with Crippen molar-refractivity contribution in [2.75, 3.05) is 33.6 Å². The summed E-state index contributed by atoms with van der Waals surface area (Å²) in [4.78, 5) is 51.4. The molecule has 286 valence electrons. The van der Waals surface area contributed by atoms with Crippen molar-refractivity contribution in [3.8, 4) is 11.4 Å². The Hall–Kier alpha value is -5.18. The number of benzene rings is 2. The van der Waals surface area contributed by atoms with Crippen molar-refractivity contribution in [1.82, 2.24) is 25.4 Å². The number of esters is 1. The molecule has 0 aliphatic rings. The first-order valence-corrected chi connectivity index (χ1v) is 16.5. The monoisotopic (exact) mass is 734 g/mol. The lowest BCUT2D eigenvalue weighted by atomic mass is 9.95. The number of aromatic amines is 1. The number of H-pyrrole nitrogens is 1. The van der Waals surface area contributed by atoms with Crippen LogP contribution in [0.15, 0.2) is 66.3 Å². The maximum absolute atomic E-state index is 13.9. The number of hydrogen-bond donors (Lipinski definition) is 3. The lowest BCUT2D eigenvalue weighted by molar-refractivity contribution is -0.206. The molecule has 52 heavy (non-hydrogen) atoms. The summed E-state index contributed by atoms with van der Waals surface area (Å²) in [5, 5.41) is 10.4. The molecule has 0 aliphatic heterocycles. The largest absolute Gasteiger partial charge is 0.469 e. The minimum atomic E-state index is -4.98. The Bertz CT molecular complexity index is 1600. The fraction of sp³-hybridized carbons (Fsp3) is 0.405. The number of alkyl halides is 4. The van der Waals surface area contributed by atoms with Crippen molar-refractivity contribution in [2.24, 2.45) is 0 Å². The second-order valence-corrected chi connectivity index (χ2v) is 10.8. The van der Waals surface area contributed by atoms with E-state index in [0.717, 1.165) is 22.3 Å². The van der Waals surface area contributed by atoms with Gasteiger partial charge in [0.1, 0.15) is 6.04 Å². The summed E-state index contributed by atoms with van der Waals surface area (Å²) in [6.45, 7) is 11.8. The summed E-state index contributed by atoms with van der Waals surface area (Å²) < 4.78 is 59.2. The van der Waals surface area contributed by atoms with Gasteiger partial charge in [-0.3, -0.25) is 24.3 Å². The van der Waals surface area contributed by atoms with Crippen LogP contribution in [-0.2, 0) is 36.3 Å². The van der Waals surface area contributed by atoms with Gasteiger partial charge in [0.15, 0.2) is 12.1 Å². The van der Waals surface area contributed by atoms with Gasteiger partial charge >= 0.3 is 17.8 Å². The second-order valence-electron chi connectivity index (χ2n) is 10.8. The summed E-state index contributed by atoms with van der Waals surface area (Å²) in [5.41, 5.74) is 3.89. The molecule has 3 rings (SSSR count). The van der Waals surface area contributed by atoms with Gasteiger partial charge in [0.2, 0.25) is 18.1 Å². The number of ether oxygens (including phenoxy) is 1. The van der Waals surface area contributed by atoms with E-state index in [-0.39, 0.29) is 35.9 Å². The number of hydrogen-bond acceptors (Lipinski definition) is 8. The zero-order chi connectivity index (χ0) is 40.1. The molecule has 0 saturated heterocycles. The van der Waals surface area contributed by atoms with E-state index in [1.807, 2.05) is 97.9 Å². The highest BCUT2D eigenvalue weighted by atomic mass is 19.3. The number of halogens is 4. The Balaban J connectivity index is 0.00000298. The molecular weight excluding hydrogens is 684 g/mol. The molecular formula is C37H50F4N6O5. The van der Waals surface area contributed by atoms with Gasteiger partial charge in [0, 0.05) is 17.7 Å². The predicted molar refractivity (Wildman–Crippen MR) is 195 cm³/mol. The van der Waals surface area contributed by atoms with Gasteiger partial charge < -0.3 is 20.3 Å². The lowest BCUT2D eigenvalue weighted by Gasteiger charge is -2.18. The maximum atomic E-state index is 13.9. The molecule has 1 atom stereocenters. The van der Waals surface area contributed by atoms with Crippen LogP contribution in [-0.4, -0.2) is 84.9 Å². The van der Waals surface area contributed by atoms with Gasteiger partial charge in [-0.25, -0.2) is 4.98 Å². The van der Waals surface area contributed by atoms with E-state index in [0.29, 0.717) is 6.41 Å². The number of anilines is 1. The fourth-order valence-electron chi connectivity index (χ4n) is 4.11. The van der Waals surface area contributed by atoms with Crippen LogP contribution in [0.1, 0.15) is 64.9 Å². The van der Waals surface area contributed by atoms with E-state index < -0.39 is 35.9 Å². The van der Waals surface area contributed by atoms with Crippen molar-refractivity contribution >= 4 is 35.8 Å². The number of amides is 2. The van der Waals surface area contributed by atoms with Gasteiger partial charge in [-0.05, 0) is 81.5 Å². The Morgan fingerprint density at radius 1 is 0.962 bits per heavy atom. The van der Waals surface area contributed by atoms with Crippen LogP contribution in [0.25, 0.3) is 17.0 Å². The zero-order valence-corrected chi connectivity index (χ0v) is 31.3. The molecule has 0 fully saturated rings. The zero-order valence-electron chi connectivity index (χ0n) is 31.3. The SMILES string of the molecule is C/C=C(\C(C)=C/CC(=O)OC)c1ccc(C[C@H](NC=O)C(=O)Nc2ccc(-c3n[nH]c(C(F)(F)C(F)(F)C=O)n3)cc2)cc1.CC.CC.CN(C)C. The fourth-order valence-corrected chi connectivity index (χ4v) is 4.11. The van der Waals surface area contributed by atoms with E-state index in [9.17, 15) is 36.7 Å². The van der Waals surface area contributed by atoms with E-state index in [2.05, 4.69) is 25.5 Å². The average Bonchev–Trinajstić information content (AvgIpc) is 3.64. The third kappa shape index (κ3) is 14.2. The van der Waals surface area contributed by atoms with E-state index in [1.54, 1.807) is 11.2 Å². The molecule has 1 heterocycles. The summed E-state index contributed by atoms with van der Waals surface area (Å²) in [7, 11) is 7.32. The quantitative estimate of drug-likeness (QED) is 0.0707. The van der Waals surface area contributed by atoms with Gasteiger partial charge in [-0.1, -0.05) is 64.1 Å². The smallest absolute Gasteiger partial charge is 0.375 e. The number of nitrogens with zero attached hydrogens (tertiary/aromatic N) is 3. The minimum absolute atomic E-state index is 0.137. The van der Waals surface area contributed by atoms with Crippen LogP contribution < -0.4 is 10.6 Å². The highest BCUT2D eigenvalue weighted by molar-refractivity contribution is 5.96. The molecule has 0 saturated carbocycles. The first-order valence-electron chi connectivity index (χ1n) is 16.5. The Morgan fingerprint density at radius 2 is 1.52 bits per heavy atom. The van der Waals surface area contributed by atoms with Gasteiger partial charge in [0.25, 0.3) is 0 Å². The summed E-state index contributed by atoms with van der Waals surface area (Å²) in [6.07, 6.45) is 3.22. The van der Waals surface area contributed by atoms with Crippen molar-refractivity contribution in [2.45, 2.75) is 72.3 Å². The molecule has 0 unspecified atom stereocenters. The molecule has 1 aromatic heterocycles. The number of nitrogens with one attached hydrogen (secondary N) is 3. The number of allylic oxidation sites excluding steroid dienone is 3. The molecule has 0 bridgehead atoms. The van der Waals surface area contributed by atoms with Crippen molar-refractivity contribution < 1.29 is 41.5 Å². The van der Waals surface area contributed by atoms with E-state index in [1.165, 1.54) is 31.4 Å². The van der Waals surface area contributed by atoms with Crippen molar-refractivity contribution in [3.05, 3.63) is 83.2 Å². The number of carbonyl (C=O) groups excluding carboxylic acids is 4. The summed E-state index contributed by atoms with van der Waals surface area (Å²) >= 11 is 0. The Labute approximate surface area is 302 Å². The molecule has 0 radical (unpaired) electrons. The van der Waals surface area contributed by atoms with Gasteiger partial charge in [0.05, 0.1) is 13.5 Å². The topological polar surface area (TPSA) is 146 Å². The van der Waals surface area contributed by atoms with Crippen LogP contribution in [0, 0.1) is 0 Å². The molecule has 15 heteroatoms. The number of aldehydes is 1. The number of aromatic nitrogens is 3. The second kappa shape index (κ2) is 23.3. The molecule has 2 aromatic carbocycles. The summed E-state index contributed by atoms with van der Waals surface area (Å²) in [6, 6.07) is 11.9. The van der Waals surface area contributed by atoms with Crippen molar-refractivity contribution in [1.29, 1.82) is 0 Å². The standard InChI is InChI=1S/C30H29F4N5O5.C3H9N.2C2H6/c1-4-23(18(2)5-14-25(42)44-3)20-8-6-19(7-9-20)15-24(35-17-41)27(43)36-22-12-10-21(11-13-22)26-37-28(39-38-26)30(33,34)29(31,32)16-40;1-4(2)3;2*1-2/h4-13,16-17,24H,14-15H2,1-3H3,(H,35,41)(H,36,43)(H,37,38,39);1-3H3;2*1-2H3/b18-5-,23-4+;;;/t24-;;;/m0.../s1. The normalized spacial score (nSPS) is 12.1. The van der Waals surface area contributed by atoms with E-state index in [4.69, 9.17) is 0 Å². The maximum Gasteiger partial charge on any atom is 0.375 e. The molecule has 3 N–H and O–H groups in total. The molecule has 2 amide bonds. The number of carbonyl (C=O) groups is 4. The van der Waals surface area contributed by atoms with Crippen LogP contribution in [0.2, 0.25) is 0 Å². The van der Waals surface area contributed by atoms with Crippen LogP contribution in [0.3, 0.4) is 0 Å². The average molecular weight is 735 g/mol. The van der Waals surface area contributed by atoms with Crippen LogP contribution in [0.5, 0.6) is 0 Å². The van der Waals surface area contributed by atoms with Gasteiger partial charge in [-0.2, -0.15) is 22.7 Å². The van der Waals surface area contributed by atoms with Gasteiger partial charge in [-0.15, -0.1) is 0 Å². The van der Waals surface area contributed by atoms with Crippen molar-refractivity contribution in [3.63, 3.8) is 0 Å². The Kier molecular flexibility index (Phi) is 21.0. The van der Waals surface area contributed by atoms with E-state index >= 15 is 0 Å². The third-order valence-corrected chi connectivity index (χ3v) is 6.57. The first kappa shape index (κ1) is 46.8. The highest BCUT2D eigenvalue weighted by Crippen LogP contribution is 2.40. The van der Waals surface area contributed by atoms with Crippen LogP contribution in [0.4, 0.5) is 23.2 Å². The predicted octanol–water partition coefficient (Wildman–Crippen LogP) is 6.84. The molecule has 11 nitrogen and oxygen atoms in total.